The fourth-order valence-corrected chi connectivity index (χ4v) is 1.39. The largest absolute Gasteiger partial charge is 0.361 e. The van der Waals surface area contributed by atoms with Gasteiger partial charge < -0.3 is 0 Å². The molecule has 0 aromatic heterocycles. The van der Waals surface area contributed by atoms with Gasteiger partial charge in [0.1, 0.15) is 0 Å². The van der Waals surface area contributed by atoms with Crippen LogP contribution in [0.5, 0.6) is 0 Å². The first-order chi connectivity index (χ1) is 6.65. The van der Waals surface area contributed by atoms with Crippen LogP contribution in [0.4, 0.5) is 17.6 Å². The smallest absolute Gasteiger partial charge is 0.292 e. The van der Waals surface area contributed by atoms with E-state index >= 15 is 0 Å². The van der Waals surface area contributed by atoms with E-state index in [0.717, 1.165) is 0 Å². The van der Waals surface area contributed by atoms with Gasteiger partial charge in [-0.05, 0) is 23.2 Å². The summed E-state index contributed by atoms with van der Waals surface area (Å²) in [5.74, 6) is -2.34. The van der Waals surface area contributed by atoms with Gasteiger partial charge in [-0.15, -0.1) is 0 Å². The average molecular weight is 365 g/mol. The zero-order valence-corrected chi connectivity index (χ0v) is 11.2. The lowest BCUT2D eigenvalue weighted by Crippen LogP contribution is -2.54. The zero-order valence-electron chi connectivity index (χ0n) is 6.69. The van der Waals surface area contributed by atoms with Crippen LogP contribution in [0.3, 0.4) is 0 Å². The number of hydrogen-bond donors (Lipinski definition) is 0. The summed E-state index contributed by atoms with van der Waals surface area (Å²) in [7, 11) is 0. The Kier molecular flexibility index (Phi) is 5.00. The lowest BCUT2D eigenvalue weighted by molar-refractivity contribution is -0.128. The lowest BCUT2D eigenvalue weighted by Gasteiger charge is -2.30. The Labute approximate surface area is 117 Å². The Morgan fingerprint density at radius 2 is 0.875 bits per heavy atom. The van der Waals surface area contributed by atoms with Crippen LogP contribution in [0, 0.1) is 0 Å². The third kappa shape index (κ3) is 3.12. The number of Topliss-reactive ketones (excluding diaryl/α,β-unsaturated/α-hetero) is 1. The van der Waals surface area contributed by atoms with Crippen LogP contribution in [0.2, 0.25) is 0 Å². The van der Waals surface area contributed by atoms with Crippen LogP contribution in [0.15, 0.2) is 0 Å². The molecule has 0 aliphatic rings. The summed E-state index contributed by atoms with van der Waals surface area (Å²) in [6.07, 6.45) is 0. The molecule has 0 aromatic rings. The van der Waals surface area contributed by atoms with Crippen LogP contribution in [0.1, 0.15) is 0 Å². The summed E-state index contributed by atoms with van der Waals surface area (Å²) >= 11 is 28.0. The highest BCUT2D eigenvalue weighted by Gasteiger charge is 2.68. The Morgan fingerprint density at radius 1 is 0.688 bits per heavy atom. The van der Waals surface area contributed by atoms with Gasteiger partial charge in [-0.3, -0.25) is 4.79 Å². The third-order valence-electron chi connectivity index (χ3n) is 1.28. The topological polar surface area (TPSA) is 17.1 Å². The number of carbonyl (C=O) groups is 1. The zero-order chi connectivity index (χ0) is 13.6. The van der Waals surface area contributed by atoms with E-state index in [-0.39, 0.29) is 0 Å². The molecule has 0 rings (SSSR count). The van der Waals surface area contributed by atoms with E-state index in [2.05, 4.69) is 23.2 Å². The van der Waals surface area contributed by atoms with Gasteiger partial charge in [0, 0.05) is 0 Å². The van der Waals surface area contributed by atoms with Crippen molar-refractivity contribution in [2.24, 2.45) is 0 Å². The Hall–Kier alpha value is 1.13. The summed E-state index contributed by atoms with van der Waals surface area (Å²) in [6.45, 7) is 0. The molecule has 0 fully saturated rings. The fourth-order valence-electron chi connectivity index (χ4n) is 0.455. The SMILES string of the molecule is O=C(C(Cl)(Cl)C(F)(F)Cl)C(Cl)(Cl)C(F)(F)Cl. The second-order valence-electron chi connectivity index (χ2n) is 2.47. The van der Waals surface area contributed by atoms with Crippen molar-refractivity contribution >= 4 is 75.4 Å². The molecular formula is C5Cl6F4O. The highest BCUT2D eigenvalue weighted by atomic mass is 35.5. The molecule has 11 heteroatoms. The quantitative estimate of drug-likeness (QED) is 0.527. The molecule has 0 saturated heterocycles. The summed E-state index contributed by atoms with van der Waals surface area (Å²) < 4.78 is 42.7. The minimum atomic E-state index is -4.57. The Bertz CT molecular complexity index is 264. The normalized spacial score (nSPS) is 15.1. The van der Waals surface area contributed by atoms with Gasteiger partial charge in [0.2, 0.25) is 5.78 Å². The van der Waals surface area contributed by atoms with Gasteiger partial charge >= 0.3 is 10.8 Å². The molecule has 0 heterocycles. The molecule has 1 nitrogen and oxygen atoms in total. The van der Waals surface area contributed by atoms with Crippen molar-refractivity contribution in [3.63, 3.8) is 0 Å². The van der Waals surface area contributed by atoms with E-state index in [9.17, 15) is 22.4 Å². The summed E-state index contributed by atoms with van der Waals surface area (Å²) in [5.41, 5.74) is 0. The number of carbonyl (C=O) groups excluding carboxylic acids is 1. The van der Waals surface area contributed by atoms with Gasteiger partial charge in [0.25, 0.3) is 8.67 Å². The maximum absolute atomic E-state index is 12.5. The van der Waals surface area contributed by atoms with Gasteiger partial charge in [-0.25, -0.2) is 0 Å². The van der Waals surface area contributed by atoms with Crippen molar-refractivity contribution in [1.29, 1.82) is 0 Å². The summed E-state index contributed by atoms with van der Waals surface area (Å²) in [6, 6.07) is 0. The maximum Gasteiger partial charge on any atom is 0.361 e. The first-order valence-corrected chi connectivity index (χ1v) is 5.36. The van der Waals surface area contributed by atoms with E-state index in [0.29, 0.717) is 0 Å². The fraction of sp³-hybridized carbons (Fsp3) is 0.800. The second-order valence-corrected chi connectivity index (χ2v) is 6.08. The van der Waals surface area contributed by atoms with Crippen LogP contribution in [-0.2, 0) is 4.79 Å². The highest BCUT2D eigenvalue weighted by Crippen LogP contribution is 2.51. The predicted molar refractivity (Wildman–Crippen MR) is 55.5 cm³/mol. The van der Waals surface area contributed by atoms with Crippen molar-refractivity contribution in [2.75, 3.05) is 0 Å². The van der Waals surface area contributed by atoms with Crippen molar-refractivity contribution in [1.82, 2.24) is 0 Å². The van der Waals surface area contributed by atoms with Gasteiger partial charge in [-0.2, -0.15) is 17.6 Å². The first-order valence-electron chi connectivity index (χ1n) is 3.09. The molecule has 0 N–H and O–H groups in total. The molecule has 96 valence electrons. The molecule has 0 amide bonds. The molecule has 0 radical (unpaired) electrons. The van der Waals surface area contributed by atoms with Gasteiger partial charge in [0.05, 0.1) is 0 Å². The lowest BCUT2D eigenvalue weighted by atomic mass is 10.2. The number of halogens is 10. The van der Waals surface area contributed by atoms with Gasteiger partial charge in [0.15, 0.2) is 0 Å². The third-order valence-corrected chi connectivity index (χ3v) is 3.87. The first kappa shape index (κ1) is 17.1. The summed E-state index contributed by atoms with van der Waals surface area (Å²) in [5, 5.41) is -9.13. The molecule has 16 heavy (non-hydrogen) atoms. The minimum Gasteiger partial charge on any atom is -0.292 e. The average Bonchev–Trinajstić information content (AvgIpc) is 1.98. The molecule has 0 bridgehead atoms. The van der Waals surface area contributed by atoms with Crippen molar-refractivity contribution < 1.29 is 22.4 Å². The minimum absolute atomic E-state index is 2.34. The number of alkyl halides is 10. The molecule has 0 atom stereocenters. The van der Waals surface area contributed by atoms with E-state index < -0.39 is 25.2 Å². The Balaban J connectivity index is 5.40. The molecular weight excluding hydrogens is 365 g/mol. The molecule has 0 spiro atoms. The summed E-state index contributed by atoms with van der Waals surface area (Å²) in [4.78, 5) is 11.1. The monoisotopic (exact) mass is 362 g/mol. The molecule has 0 aromatic carbocycles. The number of ketones is 1. The van der Waals surface area contributed by atoms with Crippen molar-refractivity contribution in [3.8, 4) is 0 Å². The maximum atomic E-state index is 12.5. The second kappa shape index (κ2) is 4.67. The molecule has 0 saturated carbocycles. The number of hydrogen-bond acceptors (Lipinski definition) is 1. The highest BCUT2D eigenvalue weighted by molar-refractivity contribution is 6.72. The van der Waals surface area contributed by atoms with E-state index in [4.69, 9.17) is 46.4 Å². The van der Waals surface area contributed by atoms with Crippen LogP contribution >= 0.6 is 69.6 Å². The molecule has 0 aliphatic carbocycles. The standard InChI is InChI=1S/C5Cl6F4O/c6-2(7,4(10,12)13)1(16)3(8,9)5(11,14)15. The van der Waals surface area contributed by atoms with E-state index in [1.807, 2.05) is 0 Å². The van der Waals surface area contributed by atoms with E-state index in [1.54, 1.807) is 0 Å². The van der Waals surface area contributed by atoms with Crippen LogP contribution < -0.4 is 0 Å². The van der Waals surface area contributed by atoms with Crippen molar-refractivity contribution in [2.45, 2.75) is 19.4 Å². The van der Waals surface area contributed by atoms with Crippen LogP contribution in [-0.4, -0.2) is 25.2 Å². The Morgan fingerprint density at radius 3 is 1.00 bits per heavy atom. The van der Waals surface area contributed by atoms with Gasteiger partial charge in [-0.1, -0.05) is 46.4 Å². The predicted octanol–water partition coefficient (Wildman–Crippen LogP) is 4.57. The molecule has 0 unspecified atom stereocenters. The van der Waals surface area contributed by atoms with Crippen LogP contribution in [0.25, 0.3) is 0 Å². The van der Waals surface area contributed by atoms with Crippen molar-refractivity contribution in [3.05, 3.63) is 0 Å². The van der Waals surface area contributed by atoms with E-state index in [1.165, 1.54) is 0 Å². The number of rotatable bonds is 4. The molecule has 0 aliphatic heterocycles.